The molecule has 5 heteroatoms. The lowest BCUT2D eigenvalue weighted by atomic mass is 10.2. The van der Waals surface area contributed by atoms with Crippen LogP contribution in [0.3, 0.4) is 0 Å². The maximum Gasteiger partial charge on any atom is 0.146 e. The third-order valence-corrected chi connectivity index (χ3v) is 3.31. The van der Waals surface area contributed by atoms with Crippen LogP contribution in [-0.2, 0) is 0 Å². The summed E-state index contributed by atoms with van der Waals surface area (Å²) >= 11 is 3.47. The van der Waals surface area contributed by atoms with Crippen LogP contribution in [0.15, 0.2) is 28.7 Å². The molecule has 0 saturated carbocycles. The van der Waals surface area contributed by atoms with Gasteiger partial charge in [-0.15, -0.1) is 0 Å². The van der Waals surface area contributed by atoms with E-state index in [1.807, 2.05) is 37.1 Å². The zero-order chi connectivity index (χ0) is 14.0. The van der Waals surface area contributed by atoms with Crippen molar-refractivity contribution in [3.05, 3.63) is 45.8 Å². The topological polar surface area (TPSA) is 52.8 Å². The zero-order valence-electron chi connectivity index (χ0n) is 11.0. The van der Waals surface area contributed by atoms with Crippen LogP contribution in [0.1, 0.15) is 17.1 Å². The van der Waals surface area contributed by atoms with Gasteiger partial charge in [0.2, 0.25) is 0 Å². The SMILES string of the molecule is Cc1nc(C#N)cc(N(C)c2cc(Br)ccc2C)n1. The minimum absolute atomic E-state index is 0.377. The van der Waals surface area contributed by atoms with Gasteiger partial charge in [0.25, 0.3) is 0 Å². The van der Waals surface area contributed by atoms with Gasteiger partial charge < -0.3 is 4.90 Å². The number of anilines is 2. The van der Waals surface area contributed by atoms with Gasteiger partial charge in [-0.1, -0.05) is 22.0 Å². The van der Waals surface area contributed by atoms with Crippen molar-refractivity contribution in [3.63, 3.8) is 0 Å². The van der Waals surface area contributed by atoms with Crippen molar-refractivity contribution in [2.75, 3.05) is 11.9 Å². The molecule has 0 spiro atoms. The predicted octanol–water partition coefficient (Wildman–Crippen LogP) is 3.50. The molecule has 0 amide bonds. The van der Waals surface area contributed by atoms with Crippen LogP contribution >= 0.6 is 15.9 Å². The Hall–Kier alpha value is -1.93. The summed E-state index contributed by atoms with van der Waals surface area (Å²) in [5.41, 5.74) is 2.55. The lowest BCUT2D eigenvalue weighted by molar-refractivity contribution is 0.997. The number of benzene rings is 1. The maximum absolute atomic E-state index is 8.97. The Balaban J connectivity index is 2.50. The molecule has 0 aliphatic heterocycles. The minimum Gasteiger partial charge on any atom is -0.329 e. The molecule has 2 aromatic rings. The molecule has 4 nitrogen and oxygen atoms in total. The molecular formula is C14H13BrN4. The lowest BCUT2D eigenvalue weighted by Gasteiger charge is -2.21. The molecule has 0 fully saturated rings. The number of nitrogens with zero attached hydrogens (tertiary/aromatic N) is 4. The molecule has 0 aliphatic rings. The highest BCUT2D eigenvalue weighted by Crippen LogP contribution is 2.28. The van der Waals surface area contributed by atoms with Crippen LogP contribution in [0.5, 0.6) is 0 Å². The molecule has 1 aromatic heterocycles. The fraction of sp³-hybridized carbons (Fsp3) is 0.214. The molecule has 0 bridgehead atoms. The Labute approximate surface area is 120 Å². The fourth-order valence-electron chi connectivity index (χ4n) is 1.85. The van der Waals surface area contributed by atoms with Crippen LogP contribution in [0, 0.1) is 25.2 Å². The van der Waals surface area contributed by atoms with Crippen molar-refractivity contribution >= 4 is 27.4 Å². The molecule has 0 saturated heterocycles. The molecule has 0 unspecified atom stereocenters. The van der Waals surface area contributed by atoms with Crippen molar-refractivity contribution in [3.8, 4) is 6.07 Å². The fourth-order valence-corrected chi connectivity index (χ4v) is 2.20. The van der Waals surface area contributed by atoms with Crippen LogP contribution in [0.25, 0.3) is 0 Å². The highest BCUT2D eigenvalue weighted by Gasteiger charge is 2.11. The van der Waals surface area contributed by atoms with E-state index in [-0.39, 0.29) is 0 Å². The van der Waals surface area contributed by atoms with E-state index in [0.29, 0.717) is 17.3 Å². The third kappa shape index (κ3) is 2.91. The van der Waals surface area contributed by atoms with E-state index in [9.17, 15) is 0 Å². The van der Waals surface area contributed by atoms with Gasteiger partial charge in [0.1, 0.15) is 23.4 Å². The minimum atomic E-state index is 0.377. The van der Waals surface area contributed by atoms with E-state index in [1.54, 1.807) is 13.0 Å². The van der Waals surface area contributed by atoms with Gasteiger partial charge in [0, 0.05) is 23.3 Å². The van der Waals surface area contributed by atoms with E-state index < -0.39 is 0 Å². The normalized spacial score (nSPS) is 10.1. The monoisotopic (exact) mass is 316 g/mol. The maximum atomic E-state index is 8.97. The Morgan fingerprint density at radius 2 is 1.95 bits per heavy atom. The van der Waals surface area contributed by atoms with Crippen molar-refractivity contribution in [2.24, 2.45) is 0 Å². The summed E-state index contributed by atoms with van der Waals surface area (Å²) in [6.07, 6.45) is 0. The highest BCUT2D eigenvalue weighted by molar-refractivity contribution is 9.10. The Kier molecular flexibility index (Phi) is 3.82. The molecule has 1 heterocycles. The molecule has 2 rings (SSSR count). The second kappa shape index (κ2) is 5.37. The molecular weight excluding hydrogens is 304 g/mol. The second-order valence-electron chi connectivity index (χ2n) is 4.26. The third-order valence-electron chi connectivity index (χ3n) is 2.82. The number of nitriles is 1. The van der Waals surface area contributed by atoms with E-state index in [0.717, 1.165) is 15.7 Å². The van der Waals surface area contributed by atoms with Crippen molar-refractivity contribution in [1.82, 2.24) is 9.97 Å². The van der Waals surface area contributed by atoms with Gasteiger partial charge in [-0.3, -0.25) is 0 Å². The first-order valence-electron chi connectivity index (χ1n) is 5.77. The Bertz CT molecular complexity index is 661. The highest BCUT2D eigenvalue weighted by atomic mass is 79.9. The molecule has 1 aromatic carbocycles. The average Bonchev–Trinajstić information content (AvgIpc) is 2.40. The van der Waals surface area contributed by atoms with E-state index in [4.69, 9.17) is 5.26 Å². The summed E-state index contributed by atoms with van der Waals surface area (Å²) in [4.78, 5) is 10.4. The number of aryl methyl sites for hydroxylation is 2. The van der Waals surface area contributed by atoms with Gasteiger partial charge in [0.05, 0.1) is 0 Å². The first-order valence-corrected chi connectivity index (χ1v) is 6.56. The molecule has 0 aliphatic carbocycles. The quantitative estimate of drug-likeness (QED) is 0.851. The summed E-state index contributed by atoms with van der Waals surface area (Å²) in [7, 11) is 1.93. The van der Waals surface area contributed by atoms with Gasteiger partial charge in [-0.05, 0) is 31.5 Å². The average molecular weight is 317 g/mol. The smallest absolute Gasteiger partial charge is 0.146 e. The molecule has 0 N–H and O–H groups in total. The summed E-state index contributed by atoms with van der Waals surface area (Å²) in [5.74, 6) is 1.30. The first kappa shape index (κ1) is 13.5. The Morgan fingerprint density at radius 1 is 1.21 bits per heavy atom. The molecule has 0 radical (unpaired) electrons. The van der Waals surface area contributed by atoms with Crippen molar-refractivity contribution in [1.29, 1.82) is 5.26 Å². The van der Waals surface area contributed by atoms with Gasteiger partial charge in [-0.25, -0.2) is 9.97 Å². The molecule has 19 heavy (non-hydrogen) atoms. The predicted molar refractivity (Wildman–Crippen MR) is 78.4 cm³/mol. The van der Waals surface area contributed by atoms with Crippen molar-refractivity contribution < 1.29 is 0 Å². The van der Waals surface area contributed by atoms with E-state index in [2.05, 4.69) is 32.0 Å². The summed E-state index contributed by atoms with van der Waals surface area (Å²) < 4.78 is 1.01. The second-order valence-corrected chi connectivity index (χ2v) is 5.18. The van der Waals surface area contributed by atoms with Crippen molar-refractivity contribution in [2.45, 2.75) is 13.8 Å². The van der Waals surface area contributed by atoms with Crippen LogP contribution < -0.4 is 4.90 Å². The zero-order valence-corrected chi connectivity index (χ0v) is 12.6. The summed E-state index contributed by atoms with van der Waals surface area (Å²) in [5, 5.41) is 8.97. The Morgan fingerprint density at radius 3 is 2.63 bits per heavy atom. The number of hydrogen-bond acceptors (Lipinski definition) is 4. The number of halogens is 1. The van der Waals surface area contributed by atoms with Crippen LogP contribution in [-0.4, -0.2) is 17.0 Å². The lowest BCUT2D eigenvalue weighted by Crippen LogP contribution is -2.14. The van der Waals surface area contributed by atoms with Gasteiger partial charge in [-0.2, -0.15) is 5.26 Å². The van der Waals surface area contributed by atoms with E-state index >= 15 is 0 Å². The summed E-state index contributed by atoms with van der Waals surface area (Å²) in [6.45, 7) is 3.82. The number of aromatic nitrogens is 2. The molecule has 0 atom stereocenters. The molecule has 96 valence electrons. The number of hydrogen-bond donors (Lipinski definition) is 0. The first-order chi connectivity index (χ1) is 9.01. The van der Waals surface area contributed by atoms with E-state index in [1.165, 1.54) is 0 Å². The summed E-state index contributed by atoms with van der Waals surface area (Å²) in [6, 6.07) is 9.80. The standard InChI is InChI=1S/C14H13BrN4/c1-9-4-5-11(15)6-13(9)19(3)14-7-12(8-16)17-10(2)18-14/h4-7H,1-3H3. The van der Waals surface area contributed by atoms with Crippen LogP contribution in [0.2, 0.25) is 0 Å². The largest absolute Gasteiger partial charge is 0.329 e. The van der Waals surface area contributed by atoms with Crippen LogP contribution in [0.4, 0.5) is 11.5 Å². The number of rotatable bonds is 2. The van der Waals surface area contributed by atoms with Gasteiger partial charge >= 0.3 is 0 Å². The van der Waals surface area contributed by atoms with Gasteiger partial charge in [0.15, 0.2) is 0 Å².